The Morgan fingerprint density at radius 2 is 2.25 bits per heavy atom. The summed E-state index contributed by atoms with van der Waals surface area (Å²) in [5, 5.41) is 0. The molecule has 0 saturated carbocycles. The number of carbonyl (C=O) groups is 1. The summed E-state index contributed by atoms with van der Waals surface area (Å²) >= 11 is 1.59. The normalized spacial score (nSPS) is 11.6. The summed E-state index contributed by atoms with van der Waals surface area (Å²) in [7, 11) is 0. The average molecular weight is 288 g/mol. The first-order valence-corrected chi connectivity index (χ1v) is 7.50. The summed E-state index contributed by atoms with van der Waals surface area (Å²) in [5.41, 5.74) is 2.76. The van der Waals surface area contributed by atoms with E-state index in [9.17, 15) is 4.79 Å². The molecule has 0 amide bonds. The highest BCUT2D eigenvalue weighted by Crippen LogP contribution is 2.29. The smallest absolute Gasteiger partial charge is 0.358 e. The second-order valence-electron chi connectivity index (χ2n) is 4.98. The minimum Gasteiger partial charge on any atom is -0.461 e. The second-order valence-corrected chi connectivity index (χ2v) is 5.99. The third-order valence-corrected chi connectivity index (χ3v) is 4.29. The lowest BCUT2D eigenvalue weighted by Crippen LogP contribution is -2.04. The van der Waals surface area contributed by atoms with Crippen LogP contribution in [0.5, 0.6) is 0 Å². The van der Waals surface area contributed by atoms with Crippen LogP contribution in [0.4, 0.5) is 0 Å². The second kappa shape index (κ2) is 4.90. The first kappa shape index (κ1) is 13.1. The van der Waals surface area contributed by atoms with Crippen LogP contribution in [-0.4, -0.2) is 22.0 Å². The van der Waals surface area contributed by atoms with Crippen molar-refractivity contribution in [3.8, 4) is 0 Å². The van der Waals surface area contributed by atoms with Crippen molar-refractivity contribution < 1.29 is 9.53 Å². The van der Waals surface area contributed by atoms with Crippen molar-refractivity contribution in [2.24, 2.45) is 0 Å². The van der Waals surface area contributed by atoms with Gasteiger partial charge >= 0.3 is 5.97 Å². The molecule has 0 aliphatic rings. The van der Waals surface area contributed by atoms with Crippen LogP contribution in [0.3, 0.4) is 0 Å². The molecule has 0 bridgehead atoms. The SMILES string of the molecule is CCOC(=O)c1cn2c(n1)sc1cc(C(C)C)ccc12. The van der Waals surface area contributed by atoms with Crippen molar-refractivity contribution in [1.29, 1.82) is 0 Å². The van der Waals surface area contributed by atoms with E-state index in [-0.39, 0.29) is 5.97 Å². The van der Waals surface area contributed by atoms with Crippen molar-refractivity contribution in [3.63, 3.8) is 0 Å². The number of hydrogen-bond acceptors (Lipinski definition) is 4. The van der Waals surface area contributed by atoms with Crippen molar-refractivity contribution in [2.75, 3.05) is 6.61 Å². The van der Waals surface area contributed by atoms with Gasteiger partial charge in [0.05, 0.1) is 16.8 Å². The van der Waals surface area contributed by atoms with Crippen molar-refractivity contribution in [3.05, 3.63) is 35.7 Å². The Morgan fingerprint density at radius 1 is 1.45 bits per heavy atom. The molecule has 0 atom stereocenters. The van der Waals surface area contributed by atoms with E-state index >= 15 is 0 Å². The molecule has 3 rings (SSSR count). The van der Waals surface area contributed by atoms with Crippen LogP contribution in [0.1, 0.15) is 42.7 Å². The minimum absolute atomic E-state index is 0.364. The maximum absolute atomic E-state index is 11.7. The number of thiazole rings is 1. The highest BCUT2D eigenvalue weighted by molar-refractivity contribution is 7.23. The number of hydrogen-bond donors (Lipinski definition) is 0. The zero-order valence-corrected chi connectivity index (χ0v) is 12.5. The molecule has 20 heavy (non-hydrogen) atoms. The van der Waals surface area contributed by atoms with Crippen LogP contribution in [0, 0.1) is 0 Å². The summed E-state index contributed by atoms with van der Waals surface area (Å²) in [6, 6.07) is 6.41. The van der Waals surface area contributed by atoms with E-state index in [4.69, 9.17) is 4.74 Å². The number of rotatable bonds is 3. The lowest BCUT2D eigenvalue weighted by atomic mass is 10.0. The number of esters is 1. The average Bonchev–Trinajstić information content (AvgIpc) is 2.95. The number of carbonyl (C=O) groups excluding carboxylic acids is 1. The van der Waals surface area contributed by atoms with E-state index in [2.05, 4.69) is 37.0 Å². The number of aromatic nitrogens is 2. The number of benzene rings is 1. The van der Waals surface area contributed by atoms with Gasteiger partial charge < -0.3 is 4.74 Å². The molecule has 0 aliphatic heterocycles. The van der Waals surface area contributed by atoms with Gasteiger partial charge in [-0.2, -0.15) is 0 Å². The van der Waals surface area contributed by atoms with E-state index in [1.54, 1.807) is 24.5 Å². The lowest BCUT2D eigenvalue weighted by Gasteiger charge is -2.04. The molecule has 1 aromatic carbocycles. The van der Waals surface area contributed by atoms with Gasteiger partial charge in [-0.15, -0.1) is 0 Å². The first-order chi connectivity index (χ1) is 9.60. The minimum atomic E-state index is -0.365. The van der Waals surface area contributed by atoms with Crippen LogP contribution >= 0.6 is 11.3 Å². The maximum Gasteiger partial charge on any atom is 0.358 e. The summed E-state index contributed by atoms with van der Waals surface area (Å²) in [5.74, 6) is 0.138. The van der Waals surface area contributed by atoms with Crippen molar-refractivity contribution >= 4 is 32.5 Å². The fourth-order valence-corrected chi connectivity index (χ4v) is 3.24. The molecule has 104 valence electrons. The lowest BCUT2D eigenvalue weighted by molar-refractivity contribution is 0.0520. The Hall–Kier alpha value is -1.88. The van der Waals surface area contributed by atoms with E-state index in [0.29, 0.717) is 18.2 Å². The van der Waals surface area contributed by atoms with Crippen LogP contribution in [0.2, 0.25) is 0 Å². The topological polar surface area (TPSA) is 43.6 Å². The number of fused-ring (bicyclic) bond motifs is 3. The van der Waals surface area contributed by atoms with Crippen LogP contribution in [-0.2, 0) is 4.74 Å². The van der Waals surface area contributed by atoms with Gasteiger partial charge in [0.15, 0.2) is 10.7 Å². The molecule has 2 aromatic heterocycles. The molecule has 0 fully saturated rings. The third-order valence-electron chi connectivity index (χ3n) is 3.27. The van der Waals surface area contributed by atoms with Gasteiger partial charge in [-0.05, 0) is 30.5 Å². The fourth-order valence-electron chi connectivity index (χ4n) is 2.18. The van der Waals surface area contributed by atoms with Gasteiger partial charge in [0, 0.05) is 6.20 Å². The quantitative estimate of drug-likeness (QED) is 0.688. The molecular formula is C15H16N2O2S. The predicted octanol–water partition coefficient (Wildman–Crippen LogP) is 3.85. The number of ether oxygens (including phenoxy) is 1. The van der Waals surface area contributed by atoms with Crippen molar-refractivity contribution in [1.82, 2.24) is 9.38 Å². The molecule has 0 radical (unpaired) electrons. The van der Waals surface area contributed by atoms with Gasteiger partial charge in [-0.25, -0.2) is 9.78 Å². The predicted molar refractivity (Wildman–Crippen MR) is 80.6 cm³/mol. The van der Waals surface area contributed by atoms with Crippen molar-refractivity contribution in [2.45, 2.75) is 26.7 Å². The highest BCUT2D eigenvalue weighted by Gasteiger charge is 2.15. The number of imidazole rings is 1. The molecule has 0 saturated heterocycles. The summed E-state index contributed by atoms with van der Waals surface area (Å²) < 4.78 is 8.12. The molecular weight excluding hydrogens is 272 g/mol. The Bertz CT molecular complexity index is 786. The standard InChI is InChI=1S/C15H16N2O2S/c1-4-19-14(18)11-8-17-12-6-5-10(9(2)3)7-13(12)20-15(17)16-11/h5-9H,4H2,1-3H3. The molecule has 3 aromatic rings. The Morgan fingerprint density at radius 3 is 2.95 bits per heavy atom. The van der Waals surface area contributed by atoms with E-state index in [0.717, 1.165) is 10.5 Å². The largest absolute Gasteiger partial charge is 0.461 e. The maximum atomic E-state index is 11.7. The molecule has 2 heterocycles. The number of nitrogens with zero attached hydrogens (tertiary/aromatic N) is 2. The van der Waals surface area contributed by atoms with Gasteiger partial charge in [-0.3, -0.25) is 4.40 Å². The Balaban J connectivity index is 2.11. The van der Waals surface area contributed by atoms with Crippen LogP contribution in [0.25, 0.3) is 15.2 Å². The monoisotopic (exact) mass is 288 g/mol. The highest BCUT2D eigenvalue weighted by atomic mass is 32.1. The summed E-state index contributed by atoms with van der Waals surface area (Å²) in [6.07, 6.45) is 1.75. The molecule has 4 nitrogen and oxygen atoms in total. The van der Waals surface area contributed by atoms with E-state index < -0.39 is 0 Å². The van der Waals surface area contributed by atoms with Crippen LogP contribution < -0.4 is 0 Å². The molecule has 5 heteroatoms. The molecule has 0 aliphatic carbocycles. The van der Waals surface area contributed by atoms with Gasteiger partial charge in [0.1, 0.15) is 0 Å². The zero-order chi connectivity index (χ0) is 14.3. The first-order valence-electron chi connectivity index (χ1n) is 6.68. The van der Waals surface area contributed by atoms with E-state index in [1.807, 2.05) is 4.40 Å². The van der Waals surface area contributed by atoms with Gasteiger partial charge in [0.2, 0.25) is 0 Å². The Kier molecular flexibility index (Phi) is 3.22. The fraction of sp³-hybridized carbons (Fsp3) is 0.333. The van der Waals surface area contributed by atoms with Gasteiger partial charge in [-0.1, -0.05) is 31.3 Å². The molecule has 0 N–H and O–H groups in total. The summed E-state index contributed by atoms with van der Waals surface area (Å²) in [4.78, 5) is 16.9. The van der Waals surface area contributed by atoms with Gasteiger partial charge in [0.25, 0.3) is 0 Å². The zero-order valence-electron chi connectivity index (χ0n) is 11.7. The third kappa shape index (κ3) is 2.08. The van der Waals surface area contributed by atoms with E-state index in [1.165, 1.54) is 10.3 Å². The summed E-state index contributed by atoms with van der Waals surface area (Å²) in [6.45, 7) is 6.51. The molecule has 0 unspecified atom stereocenters. The Labute approximate surface area is 121 Å². The van der Waals surface area contributed by atoms with Crippen LogP contribution in [0.15, 0.2) is 24.4 Å². The molecule has 0 spiro atoms.